The van der Waals surface area contributed by atoms with Crippen LogP contribution in [0.3, 0.4) is 0 Å². The standard InChI is InChI=1S/C20H16F2N6OS2/c1-11-3-6-14(7-4-11)28-20(25-26-27-28)31-12(2)18(29)24-19-23-17(10-30-19)13-5-8-15(21)16(22)9-13/h3-10,12H,1-2H3,(H,23,24,29). The minimum Gasteiger partial charge on any atom is -0.301 e. The summed E-state index contributed by atoms with van der Waals surface area (Å²) in [5, 5.41) is 16.4. The number of hydrogen-bond donors (Lipinski definition) is 1. The number of thioether (sulfide) groups is 1. The molecule has 4 rings (SSSR count). The fourth-order valence-electron chi connectivity index (χ4n) is 2.64. The smallest absolute Gasteiger partial charge is 0.239 e. The van der Waals surface area contributed by atoms with Gasteiger partial charge in [-0.1, -0.05) is 29.5 Å². The number of hydrogen-bond acceptors (Lipinski definition) is 7. The van der Waals surface area contributed by atoms with Crippen LogP contribution in [0, 0.1) is 18.6 Å². The Labute approximate surface area is 184 Å². The molecule has 0 saturated carbocycles. The van der Waals surface area contributed by atoms with Gasteiger partial charge in [0.15, 0.2) is 16.8 Å². The van der Waals surface area contributed by atoms with Gasteiger partial charge in [-0.2, -0.15) is 4.68 Å². The molecule has 1 atom stereocenters. The maximum atomic E-state index is 13.5. The monoisotopic (exact) mass is 458 g/mol. The lowest BCUT2D eigenvalue weighted by Gasteiger charge is -2.10. The molecule has 0 fully saturated rings. The first-order chi connectivity index (χ1) is 14.9. The van der Waals surface area contributed by atoms with E-state index in [1.807, 2.05) is 31.2 Å². The Morgan fingerprint density at radius 2 is 1.94 bits per heavy atom. The lowest BCUT2D eigenvalue weighted by atomic mass is 10.2. The molecular weight excluding hydrogens is 442 g/mol. The summed E-state index contributed by atoms with van der Waals surface area (Å²) in [5.74, 6) is -2.16. The second-order valence-electron chi connectivity index (χ2n) is 6.62. The Bertz CT molecular complexity index is 1220. The Hall–Kier alpha value is -3.18. The average molecular weight is 459 g/mol. The van der Waals surface area contributed by atoms with E-state index < -0.39 is 16.9 Å². The molecule has 0 aliphatic heterocycles. The normalized spacial score (nSPS) is 12.0. The quantitative estimate of drug-likeness (QED) is 0.429. The Morgan fingerprint density at radius 3 is 2.68 bits per heavy atom. The van der Waals surface area contributed by atoms with Gasteiger partial charge >= 0.3 is 0 Å². The number of carbonyl (C=O) groups is 1. The molecule has 2 aromatic heterocycles. The number of thiazole rings is 1. The molecule has 158 valence electrons. The van der Waals surface area contributed by atoms with Crippen molar-refractivity contribution in [3.63, 3.8) is 0 Å². The van der Waals surface area contributed by atoms with E-state index in [4.69, 9.17) is 0 Å². The Balaban J connectivity index is 1.43. The minimum atomic E-state index is -0.951. The van der Waals surface area contributed by atoms with Crippen molar-refractivity contribution in [3.05, 3.63) is 65.0 Å². The molecule has 1 unspecified atom stereocenters. The SMILES string of the molecule is Cc1ccc(-n2nnnc2SC(C)C(=O)Nc2nc(-c3ccc(F)c(F)c3)cs2)cc1. The van der Waals surface area contributed by atoms with Crippen molar-refractivity contribution in [3.8, 4) is 16.9 Å². The molecule has 2 heterocycles. The summed E-state index contributed by atoms with van der Waals surface area (Å²) in [6, 6.07) is 11.2. The maximum absolute atomic E-state index is 13.5. The first-order valence-electron chi connectivity index (χ1n) is 9.14. The minimum absolute atomic E-state index is 0.283. The lowest BCUT2D eigenvalue weighted by molar-refractivity contribution is -0.115. The van der Waals surface area contributed by atoms with Crippen LogP contribution in [-0.2, 0) is 4.79 Å². The summed E-state index contributed by atoms with van der Waals surface area (Å²) < 4.78 is 28.1. The molecular formula is C20H16F2N6OS2. The van der Waals surface area contributed by atoms with Crippen molar-refractivity contribution in [2.24, 2.45) is 0 Å². The van der Waals surface area contributed by atoms with E-state index in [2.05, 4.69) is 25.8 Å². The zero-order valence-corrected chi connectivity index (χ0v) is 18.0. The van der Waals surface area contributed by atoms with Crippen LogP contribution in [0.25, 0.3) is 16.9 Å². The molecule has 0 aliphatic carbocycles. The maximum Gasteiger partial charge on any atom is 0.239 e. The van der Waals surface area contributed by atoms with Gasteiger partial charge in [0.25, 0.3) is 0 Å². The molecule has 0 bridgehead atoms. The van der Waals surface area contributed by atoms with Crippen molar-refractivity contribution >= 4 is 34.1 Å². The summed E-state index contributed by atoms with van der Waals surface area (Å²) in [6.45, 7) is 3.72. The fourth-order valence-corrected chi connectivity index (χ4v) is 4.17. The number of carbonyl (C=O) groups excluding carboxylic acids is 1. The van der Waals surface area contributed by atoms with Gasteiger partial charge in [0, 0.05) is 10.9 Å². The third-order valence-corrected chi connectivity index (χ3v) is 6.11. The van der Waals surface area contributed by atoms with Crippen LogP contribution in [0.2, 0.25) is 0 Å². The summed E-state index contributed by atoms with van der Waals surface area (Å²) in [6.07, 6.45) is 0. The van der Waals surface area contributed by atoms with Gasteiger partial charge in [-0.15, -0.1) is 16.4 Å². The number of amides is 1. The van der Waals surface area contributed by atoms with E-state index in [1.54, 1.807) is 17.0 Å². The predicted octanol–water partition coefficient (Wildman–Crippen LogP) is 4.49. The topological polar surface area (TPSA) is 85.6 Å². The fraction of sp³-hybridized carbons (Fsp3) is 0.150. The van der Waals surface area contributed by atoms with Crippen LogP contribution in [-0.4, -0.2) is 36.3 Å². The Kier molecular flexibility index (Phi) is 6.05. The highest BCUT2D eigenvalue weighted by molar-refractivity contribution is 8.00. The van der Waals surface area contributed by atoms with Crippen molar-refractivity contribution in [2.45, 2.75) is 24.3 Å². The number of benzene rings is 2. The largest absolute Gasteiger partial charge is 0.301 e. The highest BCUT2D eigenvalue weighted by Gasteiger charge is 2.20. The first kappa shape index (κ1) is 21.1. The van der Waals surface area contributed by atoms with Gasteiger partial charge in [0.2, 0.25) is 11.1 Å². The summed E-state index contributed by atoms with van der Waals surface area (Å²) in [5.41, 5.74) is 2.78. The lowest BCUT2D eigenvalue weighted by Crippen LogP contribution is -2.22. The molecule has 31 heavy (non-hydrogen) atoms. The first-order valence-corrected chi connectivity index (χ1v) is 10.9. The number of rotatable bonds is 6. The van der Waals surface area contributed by atoms with E-state index >= 15 is 0 Å². The molecule has 0 saturated heterocycles. The van der Waals surface area contributed by atoms with Gasteiger partial charge in [-0.05, 0) is 54.6 Å². The van der Waals surface area contributed by atoms with Gasteiger partial charge in [0.1, 0.15) is 0 Å². The number of tetrazole rings is 1. The van der Waals surface area contributed by atoms with E-state index in [-0.39, 0.29) is 5.91 Å². The molecule has 0 spiro atoms. The number of aromatic nitrogens is 5. The molecule has 4 aromatic rings. The Morgan fingerprint density at radius 1 is 1.16 bits per heavy atom. The number of nitrogens with zero attached hydrogens (tertiary/aromatic N) is 5. The van der Waals surface area contributed by atoms with Gasteiger partial charge < -0.3 is 5.32 Å². The van der Waals surface area contributed by atoms with Crippen LogP contribution in [0.5, 0.6) is 0 Å². The molecule has 0 aliphatic rings. The number of halogens is 2. The zero-order valence-electron chi connectivity index (χ0n) is 16.4. The van der Waals surface area contributed by atoms with Crippen molar-refractivity contribution < 1.29 is 13.6 Å². The van der Waals surface area contributed by atoms with Gasteiger partial charge in [0.05, 0.1) is 16.6 Å². The van der Waals surface area contributed by atoms with E-state index in [1.165, 1.54) is 29.2 Å². The number of anilines is 1. The van der Waals surface area contributed by atoms with E-state index in [0.717, 1.165) is 23.4 Å². The second-order valence-corrected chi connectivity index (χ2v) is 8.79. The van der Waals surface area contributed by atoms with Crippen LogP contribution < -0.4 is 5.32 Å². The van der Waals surface area contributed by atoms with Crippen LogP contribution >= 0.6 is 23.1 Å². The van der Waals surface area contributed by atoms with Crippen LogP contribution in [0.1, 0.15) is 12.5 Å². The number of aryl methyl sites for hydroxylation is 1. The average Bonchev–Trinajstić information content (AvgIpc) is 3.40. The van der Waals surface area contributed by atoms with Crippen LogP contribution in [0.4, 0.5) is 13.9 Å². The number of nitrogens with one attached hydrogen (secondary N) is 1. The third kappa shape index (κ3) is 4.78. The van der Waals surface area contributed by atoms with E-state index in [0.29, 0.717) is 21.5 Å². The van der Waals surface area contributed by atoms with Crippen molar-refractivity contribution in [1.82, 2.24) is 25.2 Å². The highest BCUT2D eigenvalue weighted by Crippen LogP contribution is 2.28. The molecule has 0 radical (unpaired) electrons. The summed E-state index contributed by atoms with van der Waals surface area (Å²) in [4.78, 5) is 16.9. The molecule has 1 amide bonds. The van der Waals surface area contributed by atoms with Crippen LogP contribution in [0.15, 0.2) is 53.0 Å². The summed E-state index contributed by atoms with van der Waals surface area (Å²) in [7, 11) is 0. The van der Waals surface area contributed by atoms with Crippen molar-refractivity contribution in [1.29, 1.82) is 0 Å². The zero-order chi connectivity index (χ0) is 22.0. The molecule has 1 N–H and O–H groups in total. The second kappa shape index (κ2) is 8.90. The third-order valence-electron chi connectivity index (χ3n) is 4.32. The van der Waals surface area contributed by atoms with E-state index in [9.17, 15) is 13.6 Å². The van der Waals surface area contributed by atoms with Gasteiger partial charge in [-0.25, -0.2) is 13.8 Å². The van der Waals surface area contributed by atoms with Crippen molar-refractivity contribution in [2.75, 3.05) is 5.32 Å². The van der Waals surface area contributed by atoms with Gasteiger partial charge in [-0.3, -0.25) is 4.79 Å². The summed E-state index contributed by atoms with van der Waals surface area (Å²) >= 11 is 2.41. The molecule has 2 aromatic carbocycles. The predicted molar refractivity (Wildman–Crippen MR) is 115 cm³/mol. The molecule has 7 nitrogen and oxygen atoms in total. The highest BCUT2D eigenvalue weighted by atomic mass is 32.2. The molecule has 11 heteroatoms.